The van der Waals surface area contributed by atoms with E-state index in [9.17, 15) is 9.59 Å². The fraction of sp³-hybridized carbons (Fsp3) is 0.286. The van der Waals surface area contributed by atoms with Crippen molar-refractivity contribution in [2.24, 2.45) is 0 Å². The number of methoxy groups -OCH3 is 1. The molecule has 0 aromatic heterocycles. The van der Waals surface area contributed by atoms with Gasteiger partial charge in [0.25, 0.3) is 0 Å². The van der Waals surface area contributed by atoms with Crippen LogP contribution in [0.4, 0.5) is 0 Å². The van der Waals surface area contributed by atoms with Crippen LogP contribution in [0.3, 0.4) is 0 Å². The maximum atomic E-state index is 11.7. The lowest BCUT2D eigenvalue weighted by molar-refractivity contribution is -0.131. The van der Waals surface area contributed by atoms with Crippen molar-refractivity contribution in [3.05, 3.63) is 41.5 Å². The number of rotatable bonds is 5. The highest BCUT2D eigenvalue weighted by Gasteiger charge is 2.11. The molecule has 5 nitrogen and oxygen atoms in total. The second-order valence-corrected chi connectivity index (χ2v) is 4.13. The summed E-state index contributed by atoms with van der Waals surface area (Å²) in [4.78, 5) is 22.2. The van der Waals surface area contributed by atoms with Crippen molar-refractivity contribution in [3.63, 3.8) is 0 Å². The largest absolute Gasteiger partial charge is 0.497 e. The highest BCUT2D eigenvalue weighted by molar-refractivity contribution is 5.98. The van der Waals surface area contributed by atoms with E-state index in [1.54, 1.807) is 19.2 Å². The number of benzene rings is 1. The Labute approximate surface area is 111 Å². The summed E-state index contributed by atoms with van der Waals surface area (Å²) in [5.41, 5.74) is 1.07. The molecule has 2 N–H and O–H groups in total. The fourth-order valence-corrected chi connectivity index (χ4v) is 1.54. The summed E-state index contributed by atoms with van der Waals surface area (Å²) in [6.45, 7) is 3.29. The van der Waals surface area contributed by atoms with Crippen molar-refractivity contribution in [1.82, 2.24) is 5.32 Å². The molecule has 5 heteroatoms. The van der Waals surface area contributed by atoms with Gasteiger partial charge in [-0.1, -0.05) is 12.1 Å². The van der Waals surface area contributed by atoms with Crippen LogP contribution in [-0.2, 0) is 9.59 Å². The lowest BCUT2D eigenvalue weighted by atomic mass is 10.1. The van der Waals surface area contributed by atoms with Gasteiger partial charge in [-0.15, -0.1) is 0 Å². The van der Waals surface area contributed by atoms with Gasteiger partial charge in [0, 0.05) is 11.6 Å². The Balaban J connectivity index is 2.70. The third kappa shape index (κ3) is 4.46. The number of nitrogens with one attached hydrogen (secondary N) is 1. The Morgan fingerprint density at radius 3 is 2.37 bits per heavy atom. The summed E-state index contributed by atoms with van der Waals surface area (Å²) in [5, 5.41) is 11.3. The van der Waals surface area contributed by atoms with Gasteiger partial charge in [0.15, 0.2) is 0 Å². The SMILES string of the molecule is COc1ccc([C@@H](C)NC(=O)/C(C)=C\C(=O)O)cc1. The van der Waals surface area contributed by atoms with E-state index >= 15 is 0 Å². The molecule has 1 rings (SSSR count). The number of carbonyl (C=O) groups excluding carboxylic acids is 1. The normalized spacial score (nSPS) is 12.7. The fourth-order valence-electron chi connectivity index (χ4n) is 1.54. The molecule has 1 amide bonds. The van der Waals surface area contributed by atoms with Crippen molar-refractivity contribution in [1.29, 1.82) is 0 Å². The Morgan fingerprint density at radius 1 is 1.32 bits per heavy atom. The predicted octanol–water partition coefficient (Wildman–Crippen LogP) is 1.90. The lowest BCUT2D eigenvalue weighted by Gasteiger charge is -2.14. The summed E-state index contributed by atoms with van der Waals surface area (Å²) in [6.07, 6.45) is 0.885. The summed E-state index contributed by atoms with van der Waals surface area (Å²) in [7, 11) is 1.58. The number of ether oxygens (including phenoxy) is 1. The number of amides is 1. The zero-order chi connectivity index (χ0) is 14.4. The first-order valence-electron chi connectivity index (χ1n) is 5.80. The molecular formula is C14H17NO4. The monoisotopic (exact) mass is 263 g/mol. The van der Waals surface area contributed by atoms with Crippen LogP contribution in [0.1, 0.15) is 25.5 Å². The van der Waals surface area contributed by atoms with Gasteiger partial charge in [-0.25, -0.2) is 4.79 Å². The van der Waals surface area contributed by atoms with Crippen LogP contribution in [0.15, 0.2) is 35.9 Å². The van der Waals surface area contributed by atoms with Crippen LogP contribution < -0.4 is 10.1 Å². The molecule has 1 aromatic rings. The number of carbonyl (C=O) groups is 2. The minimum atomic E-state index is -1.13. The van der Waals surface area contributed by atoms with E-state index in [1.807, 2.05) is 19.1 Å². The average molecular weight is 263 g/mol. The third-order valence-electron chi connectivity index (χ3n) is 2.66. The standard InChI is InChI=1S/C14H17NO4/c1-9(8-13(16)17)14(18)15-10(2)11-4-6-12(19-3)7-5-11/h4-8,10H,1-3H3,(H,15,18)(H,16,17)/b9-8-/t10-/m1/s1. The van der Waals surface area contributed by atoms with Gasteiger partial charge in [-0.2, -0.15) is 0 Å². The number of carboxylic acid groups (broad SMARTS) is 1. The summed E-state index contributed by atoms with van der Waals surface area (Å²) in [5.74, 6) is -0.792. The first-order valence-corrected chi connectivity index (χ1v) is 5.80. The van der Waals surface area contributed by atoms with Crippen molar-refractivity contribution in [2.75, 3.05) is 7.11 Å². The van der Waals surface area contributed by atoms with Crippen LogP contribution in [0.2, 0.25) is 0 Å². The van der Waals surface area contributed by atoms with Gasteiger partial charge >= 0.3 is 5.97 Å². The van der Waals surface area contributed by atoms with Crippen LogP contribution >= 0.6 is 0 Å². The maximum absolute atomic E-state index is 11.7. The molecule has 1 atom stereocenters. The first kappa shape index (κ1) is 14.8. The van der Waals surface area contributed by atoms with Crippen molar-refractivity contribution >= 4 is 11.9 Å². The molecule has 1 aromatic carbocycles. The maximum Gasteiger partial charge on any atom is 0.328 e. The van der Waals surface area contributed by atoms with Crippen LogP contribution in [0, 0.1) is 0 Å². The number of aliphatic carboxylic acids is 1. The predicted molar refractivity (Wildman–Crippen MR) is 70.9 cm³/mol. The van der Waals surface area contributed by atoms with Crippen molar-refractivity contribution in [3.8, 4) is 5.75 Å². The van der Waals surface area contributed by atoms with Gasteiger partial charge in [-0.05, 0) is 31.5 Å². The molecule has 0 aliphatic rings. The molecule has 0 unspecified atom stereocenters. The van der Waals surface area contributed by atoms with E-state index in [4.69, 9.17) is 9.84 Å². The lowest BCUT2D eigenvalue weighted by Crippen LogP contribution is -2.27. The highest BCUT2D eigenvalue weighted by atomic mass is 16.5. The number of hydrogen-bond donors (Lipinski definition) is 2. The van der Waals surface area contributed by atoms with E-state index in [2.05, 4.69) is 5.32 Å². The summed E-state index contributed by atoms with van der Waals surface area (Å²) >= 11 is 0. The average Bonchev–Trinajstić information content (AvgIpc) is 2.37. The first-order chi connectivity index (χ1) is 8.93. The second kappa shape index (κ2) is 6.58. The molecule has 102 valence electrons. The smallest absolute Gasteiger partial charge is 0.328 e. The van der Waals surface area contributed by atoms with Crippen LogP contribution in [0.5, 0.6) is 5.75 Å². The van der Waals surface area contributed by atoms with Crippen molar-refractivity contribution in [2.45, 2.75) is 19.9 Å². The molecule has 0 saturated heterocycles. The van der Waals surface area contributed by atoms with Gasteiger partial charge in [0.05, 0.1) is 13.2 Å². The minimum Gasteiger partial charge on any atom is -0.497 e. The van der Waals surface area contributed by atoms with Crippen LogP contribution in [-0.4, -0.2) is 24.1 Å². The van der Waals surface area contributed by atoms with Gasteiger partial charge in [-0.3, -0.25) is 4.79 Å². The van der Waals surface area contributed by atoms with Gasteiger partial charge < -0.3 is 15.2 Å². The molecule has 0 fully saturated rings. The molecule has 0 spiro atoms. The molecular weight excluding hydrogens is 246 g/mol. The Hall–Kier alpha value is -2.30. The quantitative estimate of drug-likeness (QED) is 0.796. The molecule has 0 saturated carbocycles. The van der Waals surface area contributed by atoms with Crippen LogP contribution in [0.25, 0.3) is 0 Å². The van der Waals surface area contributed by atoms with Crippen molar-refractivity contribution < 1.29 is 19.4 Å². The minimum absolute atomic E-state index is 0.160. The number of hydrogen-bond acceptors (Lipinski definition) is 3. The number of carboxylic acids is 1. The van der Waals surface area contributed by atoms with Gasteiger partial charge in [0.2, 0.25) is 5.91 Å². The Kier molecular flexibility index (Phi) is 5.11. The molecule has 0 heterocycles. The summed E-state index contributed by atoms with van der Waals surface area (Å²) in [6, 6.07) is 7.09. The van der Waals surface area contributed by atoms with E-state index in [0.29, 0.717) is 0 Å². The van der Waals surface area contributed by atoms with E-state index in [-0.39, 0.29) is 11.6 Å². The van der Waals surface area contributed by atoms with E-state index in [0.717, 1.165) is 17.4 Å². The van der Waals surface area contributed by atoms with E-state index < -0.39 is 11.9 Å². The Morgan fingerprint density at radius 2 is 1.89 bits per heavy atom. The zero-order valence-corrected chi connectivity index (χ0v) is 11.1. The molecule has 0 radical (unpaired) electrons. The molecule has 19 heavy (non-hydrogen) atoms. The third-order valence-corrected chi connectivity index (χ3v) is 2.66. The molecule has 0 bridgehead atoms. The van der Waals surface area contributed by atoms with E-state index in [1.165, 1.54) is 6.92 Å². The highest BCUT2D eigenvalue weighted by Crippen LogP contribution is 2.17. The summed E-state index contributed by atoms with van der Waals surface area (Å²) < 4.78 is 5.05. The topological polar surface area (TPSA) is 75.6 Å². The zero-order valence-electron chi connectivity index (χ0n) is 11.1. The Bertz CT molecular complexity index is 491. The van der Waals surface area contributed by atoms with Gasteiger partial charge in [0.1, 0.15) is 5.75 Å². The molecule has 0 aliphatic carbocycles. The molecule has 0 aliphatic heterocycles. The second-order valence-electron chi connectivity index (χ2n) is 4.13.